The number of rotatable bonds is 9. The van der Waals surface area contributed by atoms with Crippen LogP contribution in [0.1, 0.15) is 26.0 Å². The number of aromatic nitrogens is 3. The van der Waals surface area contributed by atoms with E-state index in [9.17, 15) is 9.59 Å². The Hall–Kier alpha value is -3.17. The van der Waals surface area contributed by atoms with E-state index in [1.165, 1.54) is 23.1 Å². The van der Waals surface area contributed by atoms with E-state index in [-0.39, 0.29) is 18.0 Å². The fraction of sp³-hybridized carbons (Fsp3) is 0.250. The summed E-state index contributed by atoms with van der Waals surface area (Å²) in [6, 6.07) is 14.8. The Bertz CT molecular complexity index is 1300. The lowest BCUT2D eigenvalue weighted by Crippen LogP contribution is -2.28. The third-order valence-corrected chi connectivity index (χ3v) is 7.18. The van der Waals surface area contributed by atoms with Crippen LogP contribution in [0, 0.1) is 0 Å². The molecule has 0 saturated heterocycles. The van der Waals surface area contributed by atoms with Gasteiger partial charge in [0.2, 0.25) is 5.91 Å². The molecule has 0 spiro atoms. The molecular formula is C24H24N4O3S2. The van der Waals surface area contributed by atoms with Gasteiger partial charge in [-0.2, -0.15) is 0 Å². The van der Waals surface area contributed by atoms with E-state index >= 15 is 0 Å². The standard InChI is InChI=1S/C24H24N4O3S2/c1-3-20(22(29)26-17-10-5-6-11-19(17)31-4-2)33-24-27-18-12-14-32-21(18)23(30)28(24)15-16-9-7-8-13-25-16/h5-14,20H,3-4,15H2,1-2H3,(H,26,29)/t20-/m0/s1. The second-order valence-corrected chi connectivity index (χ2v) is 9.26. The number of hydrogen-bond acceptors (Lipinski definition) is 7. The fourth-order valence-electron chi connectivity index (χ4n) is 3.32. The van der Waals surface area contributed by atoms with Crippen molar-refractivity contribution in [2.75, 3.05) is 11.9 Å². The van der Waals surface area contributed by atoms with Gasteiger partial charge in [-0.15, -0.1) is 11.3 Å². The van der Waals surface area contributed by atoms with Crippen LogP contribution in [0.3, 0.4) is 0 Å². The number of carbonyl (C=O) groups is 1. The van der Waals surface area contributed by atoms with Crippen molar-refractivity contribution in [3.63, 3.8) is 0 Å². The van der Waals surface area contributed by atoms with Gasteiger partial charge in [-0.05, 0) is 49.1 Å². The Balaban J connectivity index is 1.64. The Labute approximate surface area is 199 Å². The predicted octanol–water partition coefficient (Wildman–Crippen LogP) is 4.81. The van der Waals surface area contributed by atoms with Crippen LogP contribution in [-0.2, 0) is 11.3 Å². The number of nitrogens with zero attached hydrogens (tertiary/aromatic N) is 3. The molecule has 1 amide bonds. The molecule has 0 saturated carbocycles. The van der Waals surface area contributed by atoms with Crippen molar-refractivity contribution < 1.29 is 9.53 Å². The molecule has 0 unspecified atom stereocenters. The topological polar surface area (TPSA) is 86.1 Å². The highest BCUT2D eigenvalue weighted by Gasteiger charge is 2.23. The smallest absolute Gasteiger partial charge is 0.272 e. The highest BCUT2D eigenvalue weighted by Crippen LogP contribution is 2.29. The summed E-state index contributed by atoms with van der Waals surface area (Å²) in [6.45, 7) is 4.63. The zero-order valence-corrected chi connectivity index (χ0v) is 20.0. The molecule has 0 radical (unpaired) electrons. The van der Waals surface area contributed by atoms with E-state index in [4.69, 9.17) is 9.72 Å². The van der Waals surface area contributed by atoms with E-state index in [1.807, 2.05) is 67.8 Å². The van der Waals surface area contributed by atoms with Gasteiger partial charge in [-0.1, -0.05) is 36.9 Å². The van der Waals surface area contributed by atoms with Crippen LogP contribution in [0.5, 0.6) is 5.75 Å². The largest absolute Gasteiger partial charge is 0.492 e. The van der Waals surface area contributed by atoms with Crippen molar-refractivity contribution >= 4 is 44.9 Å². The van der Waals surface area contributed by atoms with Crippen LogP contribution >= 0.6 is 23.1 Å². The van der Waals surface area contributed by atoms with E-state index in [0.29, 0.717) is 39.8 Å². The molecular weight excluding hydrogens is 456 g/mol. The number of thioether (sulfide) groups is 1. The maximum absolute atomic E-state index is 13.2. The molecule has 7 nitrogen and oxygen atoms in total. The lowest BCUT2D eigenvalue weighted by Gasteiger charge is -2.18. The van der Waals surface area contributed by atoms with Crippen LogP contribution in [0.15, 0.2) is 70.1 Å². The average Bonchev–Trinajstić information content (AvgIpc) is 3.30. The first kappa shape index (κ1) is 23.0. The zero-order chi connectivity index (χ0) is 23.2. The number of nitrogens with one attached hydrogen (secondary N) is 1. The first-order valence-corrected chi connectivity index (χ1v) is 12.4. The summed E-state index contributed by atoms with van der Waals surface area (Å²) in [6.07, 6.45) is 2.26. The van der Waals surface area contributed by atoms with Crippen LogP contribution in [-0.4, -0.2) is 32.3 Å². The molecule has 3 aromatic heterocycles. The minimum atomic E-state index is -0.447. The van der Waals surface area contributed by atoms with Crippen molar-refractivity contribution in [2.24, 2.45) is 0 Å². The highest BCUT2D eigenvalue weighted by molar-refractivity contribution is 8.00. The molecule has 9 heteroatoms. The lowest BCUT2D eigenvalue weighted by molar-refractivity contribution is -0.115. The Morgan fingerprint density at radius 2 is 2.00 bits per heavy atom. The minimum absolute atomic E-state index is 0.125. The van der Waals surface area contributed by atoms with Crippen LogP contribution in [0.2, 0.25) is 0 Å². The Morgan fingerprint density at radius 1 is 1.18 bits per heavy atom. The van der Waals surface area contributed by atoms with Crippen molar-refractivity contribution in [1.29, 1.82) is 0 Å². The number of benzene rings is 1. The molecule has 0 fully saturated rings. The monoisotopic (exact) mass is 480 g/mol. The molecule has 1 N–H and O–H groups in total. The Morgan fingerprint density at radius 3 is 2.76 bits per heavy atom. The minimum Gasteiger partial charge on any atom is -0.492 e. The normalized spacial score (nSPS) is 11.9. The maximum Gasteiger partial charge on any atom is 0.272 e. The van der Waals surface area contributed by atoms with E-state index in [1.54, 1.807) is 10.8 Å². The molecule has 1 atom stereocenters. The number of ether oxygens (including phenoxy) is 1. The summed E-state index contributed by atoms with van der Waals surface area (Å²) in [7, 11) is 0. The lowest BCUT2D eigenvalue weighted by atomic mass is 10.2. The van der Waals surface area contributed by atoms with Crippen LogP contribution in [0.4, 0.5) is 5.69 Å². The molecule has 0 aliphatic rings. The quantitative estimate of drug-likeness (QED) is 0.273. The fourth-order valence-corrected chi connectivity index (χ4v) is 5.11. The third-order valence-electron chi connectivity index (χ3n) is 4.93. The van der Waals surface area contributed by atoms with Crippen molar-refractivity contribution in [2.45, 2.75) is 37.2 Å². The van der Waals surface area contributed by atoms with Crippen LogP contribution < -0.4 is 15.6 Å². The van der Waals surface area contributed by atoms with Crippen molar-refractivity contribution in [1.82, 2.24) is 14.5 Å². The number of amides is 1. The van der Waals surface area contributed by atoms with Gasteiger partial charge in [0.1, 0.15) is 10.4 Å². The first-order chi connectivity index (χ1) is 16.1. The van der Waals surface area contributed by atoms with Gasteiger partial charge in [0.25, 0.3) is 5.56 Å². The van der Waals surface area contributed by atoms with Gasteiger partial charge in [0.15, 0.2) is 5.16 Å². The van der Waals surface area contributed by atoms with Gasteiger partial charge >= 0.3 is 0 Å². The summed E-state index contributed by atoms with van der Waals surface area (Å²) >= 11 is 2.66. The zero-order valence-electron chi connectivity index (χ0n) is 18.4. The number of thiophene rings is 1. The summed E-state index contributed by atoms with van der Waals surface area (Å²) < 4.78 is 7.83. The highest BCUT2D eigenvalue weighted by atomic mass is 32.2. The van der Waals surface area contributed by atoms with Gasteiger partial charge in [0, 0.05) is 6.20 Å². The van der Waals surface area contributed by atoms with E-state index < -0.39 is 5.25 Å². The molecule has 170 valence electrons. The van der Waals surface area contributed by atoms with Crippen LogP contribution in [0.25, 0.3) is 10.2 Å². The van der Waals surface area contributed by atoms with E-state index in [0.717, 1.165) is 5.69 Å². The SMILES string of the molecule is CCOc1ccccc1NC(=O)[C@H](CC)Sc1nc2ccsc2c(=O)n1Cc1ccccn1. The van der Waals surface area contributed by atoms with Crippen molar-refractivity contribution in [3.05, 3.63) is 76.2 Å². The molecule has 1 aromatic carbocycles. The number of fused-ring (bicyclic) bond motifs is 1. The van der Waals surface area contributed by atoms with E-state index in [2.05, 4.69) is 10.3 Å². The summed E-state index contributed by atoms with van der Waals surface area (Å²) in [5.74, 6) is 0.455. The molecule has 3 heterocycles. The number of para-hydroxylation sites is 2. The van der Waals surface area contributed by atoms with Gasteiger partial charge in [-0.25, -0.2) is 4.98 Å². The maximum atomic E-state index is 13.2. The number of anilines is 1. The second-order valence-electron chi connectivity index (χ2n) is 7.17. The average molecular weight is 481 g/mol. The molecule has 4 aromatic rings. The molecule has 33 heavy (non-hydrogen) atoms. The summed E-state index contributed by atoms with van der Waals surface area (Å²) in [5.41, 5.74) is 1.89. The molecule has 0 aliphatic carbocycles. The van der Waals surface area contributed by atoms with Gasteiger partial charge in [-0.3, -0.25) is 19.1 Å². The number of carbonyl (C=O) groups excluding carboxylic acids is 1. The molecule has 4 rings (SSSR count). The number of hydrogen-bond donors (Lipinski definition) is 1. The first-order valence-electron chi connectivity index (χ1n) is 10.7. The Kier molecular flexibility index (Phi) is 7.41. The third kappa shape index (κ3) is 5.26. The predicted molar refractivity (Wildman–Crippen MR) is 133 cm³/mol. The summed E-state index contributed by atoms with van der Waals surface area (Å²) in [5, 5.41) is 4.88. The number of pyridine rings is 1. The van der Waals surface area contributed by atoms with Crippen molar-refractivity contribution in [3.8, 4) is 5.75 Å². The molecule has 0 bridgehead atoms. The summed E-state index contributed by atoms with van der Waals surface area (Å²) in [4.78, 5) is 35.5. The molecule has 0 aliphatic heterocycles. The van der Waals surface area contributed by atoms with Gasteiger partial charge < -0.3 is 10.1 Å². The second kappa shape index (κ2) is 10.6. The van der Waals surface area contributed by atoms with Gasteiger partial charge in [0.05, 0.1) is 35.3 Å².